The molecule has 0 saturated heterocycles. The summed E-state index contributed by atoms with van der Waals surface area (Å²) in [6.45, 7) is 6.10. The van der Waals surface area contributed by atoms with Crippen molar-refractivity contribution >= 4 is 58.3 Å². The number of hydrogen-bond donors (Lipinski definition) is 6. The summed E-state index contributed by atoms with van der Waals surface area (Å²) < 4.78 is 5.91. The third kappa shape index (κ3) is 14.7. The smallest absolute Gasteiger partial charge is 0.410 e. The van der Waals surface area contributed by atoms with Crippen LogP contribution in [0.3, 0.4) is 0 Å². The van der Waals surface area contributed by atoms with Crippen molar-refractivity contribution in [2.45, 2.75) is 91.1 Å². The molecule has 6 aromatic rings. The van der Waals surface area contributed by atoms with Gasteiger partial charge in [-0.25, -0.2) is 14.6 Å². The molecule has 4 heterocycles. The Labute approximate surface area is 428 Å². The van der Waals surface area contributed by atoms with Crippen LogP contribution in [0.1, 0.15) is 75.0 Å². The van der Waals surface area contributed by atoms with Gasteiger partial charge in [0.05, 0.1) is 29.1 Å². The number of ether oxygens (including phenoxy) is 1. The number of carbonyl (C=O) groups is 7. The second kappa shape index (κ2) is 25.6. The third-order valence-electron chi connectivity index (χ3n) is 12.3. The van der Waals surface area contributed by atoms with Crippen LogP contribution in [0, 0.1) is 12.8 Å². The van der Waals surface area contributed by atoms with E-state index in [2.05, 4.69) is 31.2 Å². The predicted molar refractivity (Wildman–Crippen MR) is 278 cm³/mol. The second-order valence-electron chi connectivity index (χ2n) is 18.3. The highest BCUT2D eigenvalue weighted by molar-refractivity contribution is 6.12. The first-order valence-electron chi connectivity index (χ1n) is 24.6. The lowest BCUT2D eigenvalue weighted by Gasteiger charge is -2.25. The summed E-state index contributed by atoms with van der Waals surface area (Å²) in [7, 11) is 0. The number of unbranched alkanes of at least 4 members (excludes halogenated alkanes) is 2. The number of fused-ring (bicyclic) bond motifs is 1. The molecule has 7 N–H and O–H groups in total. The Kier molecular flexibility index (Phi) is 18.3. The Morgan fingerprint density at radius 3 is 2.24 bits per heavy atom. The molecule has 2 atom stereocenters. The molecule has 8 amide bonds. The number of rotatable bonds is 24. The highest BCUT2D eigenvalue weighted by atomic mass is 16.6. The number of nitrogens with two attached hydrogens (primary N) is 1. The summed E-state index contributed by atoms with van der Waals surface area (Å²) >= 11 is 0. The lowest BCUT2D eigenvalue weighted by atomic mass is 10.0. The summed E-state index contributed by atoms with van der Waals surface area (Å²) in [5.41, 5.74) is 11.7. The molecule has 7 rings (SSSR count). The number of aryl methyl sites for hydroxylation is 1. The number of imidazole rings is 1. The van der Waals surface area contributed by atoms with Crippen molar-refractivity contribution in [3.8, 4) is 22.6 Å². The van der Waals surface area contributed by atoms with Crippen LogP contribution >= 0.6 is 0 Å². The summed E-state index contributed by atoms with van der Waals surface area (Å²) in [6.07, 6.45) is 5.75. The van der Waals surface area contributed by atoms with E-state index in [0.29, 0.717) is 59.8 Å². The van der Waals surface area contributed by atoms with Crippen molar-refractivity contribution < 1.29 is 38.3 Å². The van der Waals surface area contributed by atoms with Crippen molar-refractivity contribution in [1.82, 2.24) is 45.7 Å². The number of carbonyl (C=O) groups excluding carboxylic acids is 7. The summed E-state index contributed by atoms with van der Waals surface area (Å²) in [5.74, 6) is -1.99. The van der Waals surface area contributed by atoms with Gasteiger partial charge in [-0.15, -0.1) is 0 Å². The number of amides is 8. The molecule has 19 heteroatoms. The van der Waals surface area contributed by atoms with Crippen molar-refractivity contribution in [2.75, 3.05) is 18.4 Å². The number of imide groups is 1. The molecule has 384 valence electrons. The minimum atomic E-state index is -1.06. The normalized spacial score (nSPS) is 12.9. The number of aromatic nitrogens is 4. The highest BCUT2D eigenvalue weighted by Gasteiger charge is 2.30. The van der Waals surface area contributed by atoms with Crippen LogP contribution in [0.4, 0.5) is 15.3 Å². The van der Waals surface area contributed by atoms with E-state index in [1.807, 2.05) is 85.8 Å². The molecular weight excluding hydrogens is 943 g/mol. The lowest BCUT2D eigenvalue weighted by Crippen LogP contribution is -2.54. The minimum Gasteiger partial charge on any atom is -0.445 e. The Bertz CT molecular complexity index is 2970. The van der Waals surface area contributed by atoms with Gasteiger partial charge in [-0.2, -0.15) is 0 Å². The molecule has 1 aliphatic heterocycles. The van der Waals surface area contributed by atoms with Gasteiger partial charge in [-0.1, -0.05) is 87.0 Å². The van der Waals surface area contributed by atoms with Crippen LogP contribution < -0.4 is 27.0 Å². The first kappa shape index (κ1) is 53.1. The monoisotopic (exact) mass is 1000 g/mol. The fourth-order valence-electron chi connectivity index (χ4n) is 8.39. The molecule has 19 nitrogen and oxygen atoms in total. The SMILES string of the molecule is Cc1cccc(-c2[nH]c(CN(Cc3ccccc3)C(=O)OCc3ccc(NC(=O)C(CCCNC(N)=O)NC(=O)[C@@H](NC(=O)CCCCCN4C(=O)C=CC4=O)C(C)C)cc3)nc2-c2ccnc3ccccc23)n1. The molecule has 3 aromatic carbocycles. The first-order valence-corrected chi connectivity index (χ1v) is 24.6. The van der Waals surface area contributed by atoms with Gasteiger partial charge in [-0.05, 0) is 86.1 Å². The number of H-pyrrole nitrogens is 1. The van der Waals surface area contributed by atoms with E-state index in [1.165, 1.54) is 12.2 Å². The number of nitrogens with one attached hydrogen (secondary N) is 5. The Balaban J connectivity index is 0.987. The molecule has 0 aliphatic carbocycles. The number of urea groups is 1. The van der Waals surface area contributed by atoms with E-state index in [0.717, 1.165) is 32.6 Å². The topological polar surface area (TPSA) is 264 Å². The van der Waals surface area contributed by atoms with Crippen molar-refractivity contribution in [3.63, 3.8) is 0 Å². The number of pyridine rings is 2. The predicted octanol–water partition coefficient (Wildman–Crippen LogP) is 6.83. The van der Waals surface area contributed by atoms with E-state index in [4.69, 9.17) is 20.4 Å². The summed E-state index contributed by atoms with van der Waals surface area (Å²) in [5, 5.41) is 11.8. The van der Waals surface area contributed by atoms with Crippen LogP contribution in [0.15, 0.2) is 121 Å². The van der Waals surface area contributed by atoms with Gasteiger partial charge in [0.1, 0.15) is 24.5 Å². The van der Waals surface area contributed by atoms with Crippen LogP contribution in [0.5, 0.6) is 0 Å². The second-order valence-corrected chi connectivity index (χ2v) is 18.3. The largest absolute Gasteiger partial charge is 0.445 e. The van der Waals surface area contributed by atoms with Gasteiger partial charge in [0.25, 0.3) is 11.8 Å². The van der Waals surface area contributed by atoms with Crippen molar-refractivity contribution in [1.29, 1.82) is 0 Å². The number of para-hydroxylation sites is 1. The van der Waals surface area contributed by atoms with Gasteiger partial charge in [0.2, 0.25) is 17.7 Å². The maximum Gasteiger partial charge on any atom is 0.410 e. The quantitative estimate of drug-likeness (QED) is 0.0270. The number of anilines is 1. The van der Waals surface area contributed by atoms with Crippen molar-refractivity contribution in [2.24, 2.45) is 11.7 Å². The van der Waals surface area contributed by atoms with Gasteiger partial charge in [0.15, 0.2) is 0 Å². The fraction of sp³-hybridized carbons (Fsp3) is 0.309. The molecule has 1 aliphatic rings. The Morgan fingerprint density at radius 1 is 0.770 bits per heavy atom. The molecular formula is C55H61N11O8. The van der Waals surface area contributed by atoms with Gasteiger partial charge >= 0.3 is 12.1 Å². The summed E-state index contributed by atoms with van der Waals surface area (Å²) in [6, 6.07) is 29.1. The van der Waals surface area contributed by atoms with Gasteiger partial charge in [0, 0.05) is 66.7 Å². The van der Waals surface area contributed by atoms with Crippen LogP contribution in [-0.4, -0.2) is 96.6 Å². The molecule has 0 saturated carbocycles. The summed E-state index contributed by atoms with van der Waals surface area (Å²) in [4.78, 5) is 110. The van der Waals surface area contributed by atoms with E-state index < -0.39 is 36.0 Å². The maximum atomic E-state index is 14.1. The Morgan fingerprint density at radius 2 is 1.51 bits per heavy atom. The first-order chi connectivity index (χ1) is 35.7. The lowest BCUT2D eigenvalue weighted by molar-refractivity contribution is -0.137. The van der Waals surface area contributed by atoms with E-state index in [-0.39, 0.29) is 69.3 Å². The molecule has 0 bridgehead atoms. The average molecular weight is 1000 g/mol. The van der Waals surface area contributed by atoms with Crippen LogP contribution in [-0.2, 0) is 48.4 Å². The zero-order valence-electron chi connectivity index (χ0n) is 41.6. The molecule has 0 radical (unpaired) electrons. The fourth-order valence-corrected chi connectivity index (χ4v) is 8.39. The Hall–Kier alpha value is -8.74. The molecule has 0 fully saturated rings. The molecule has 74 heavy (non-hydrogen) atoms. The van der Waals surface area contributed by atoms with Crippen LogP contribution in [0.25, 0.3) is 33.5 Å². The number of benzene rings is 3. The minimum absolute atomic E-state index is 0.0776. The number of aromatic amines is 1. The van der Waals surface area contributed by atoms with Crippen LogP contribution in [0.2, 0.25) is 0 Å². The number of hydrogen-bond acceptors (Lipinski definition) is 11. The zero-order chi connectivity index (χ0) is 52.6. The zero-order valence-corrected chi connectivity index (χ0v) is 41.6. The van der Waals surface area contributed by atoms with Gasteiger partial charge in [-0.3, -0.25) is 43.7 Å². The number of primary amides is 1. The maximum absolute atomic E-state index is 14.1. The van der Waals surface area contributed by atoms with E-state index >= 15 is 0 Å². The number of nitrogens with zero attached hydrogens (tertiary/aromatic N) is 5. The molecule has 1 unspecified atom stereocenters. The molecule has 3 aromatic heterocycles. The van der Waals surface area contributed by atoms with E-state index in [1.54, 1.807) is 49.2 Å². The molecule has 0 spiro atoms. The van der Waals surface area contributed by atoms with Gasteiger partial charge < -0.3 is 36.7 Å². The standard InChI is InChI=1S/C55H61N11O8/c1-35(2)49(64-46(67)21-8-5-11-31-66-47(68)26-27-48(66)69)53(71)61-44(20-13-29-58-54(56)72)52(70)60-39-24-22-38(23-25-39)34-74-55(73)65(32-37-15-6-4-7-16-37)33-45-62-50(51(63-45)43-19-12-14-36(3)59-43)41-28-30-57-42-18-10-9-17-40(41)42/h4,6-7,9-10,12,14-19,22-28,30,35,44,49H,5,8,11,13,20-21,29,31-34H2,1-3H3,(H,60,70)(H,61,71)(H,62,63)(H,64,67)(H3,56,58,72)/t44?,49-/m0/s1. The third-order valence-corrected chi connectivity index (χ3v) is 12.3. The van der Waals surface area contributed by atoms with Crippen molar-refractivity contribution in [3.05, 3.63) is 144 Å². The van der Waals surface area contributed by atoms with E-state index in [9.17, 15) is 33.6 Å². The average Bonchev–Trinajstić information content (AvgIpc) is 3.96. The highest BCUT2D eigenvalue weighted by Crippen LogP contribution is 2.34.